The zero-order valence-electron chi connectivity index (χ0n) is 15.6. The largest absolute Gasteiger partial charge is 0.357 e. The summed E-state index contributed by atoms with van der Waals surface area (Å²) in [7, 11) is 1.98. The molecule has 0 atom stereocenters. The Hall–Kier alpha value is -1.02. The average molecular weight is 493 g/mol. The molecule has 0 unspecified atom stereocenters. The van der Waals surface area contributed by atoms with E-state index in [1.165, 1.54) is 12.8 Å². The Kier molecular flexibility index (Phi) is 11.0. The third-order valence-corrected chi connectivity index (χ3v) is 4.75. The zero-order chi connectivity index (χ0) is 18.1. The number of aliphatic imine (C=N–C) groups is 1. The van der Waals surface area contributed by atoms with Crippen molar-refractivity contribution in [2.24, 2.45) is 4.99 Å². The van der Waals surface area contributed by atoms with Gasteiger partial charge in [-0.05, 0) is 31.4 Å². The summed E-state index contributed by atoms with van der Waals surface area (Å²) < 4.78 is 0. The Bertz CT molecular complexity index is 591. The molecular formula is C19H30ClIN4O. The van der Waals surface area contributed by atoms with Crippen molar-refractivity contribution < 1.29 is 4.79 Å². The topological polar surface area (TPSA) is 56.7 Å². The minimum Gasteiger partial charge on any atom is -0.357 e. The molecule has 146 valence electrons. The number of guanidine groups is 1. The van der Waals surface area contributed by atoms with E-state index in [1.807, 2.05) is 43.1 Å². The van der Waals surface area contributed by atoms with Crippen LogP contribution in [0.25, 0.3) is 0 Å². The first-order valence-corrected chi connectivity index (χ1v) is 9.50. The van der Waals surface area contributed by atoms with E-state index >= 15 is 0 Å². The van der Waals surface area contributed by atoms with E-state index < -0.39 is 0 Å². The van der Waals surface area contributed by atoms with Gasteiger partial charge in [0.15, 0.2) is 5.96 Å². The third kappa shape index (κ3) is 7.70. The molecule has 7 heteroatoms. The fourth-order valence-electron chi connectivity index (χ4n) is 3.06. The Balaban J connectivity index is 0.00000338. The van der Waals surface area contributed by atoms with E-state index in [4.69, 9.17) is 11.6 Å². The predicted octanol–water partition coefficient (Wildman–Crippen LogP) is 3.80. The molecule has 0 aliphatic heterocycles. The van der Waals surface area contributed by atoms with Gasteiger partial charge in [0.25, 0.3) is 0 Å². The van der Waals surface area contributed by atoms with Crippen molar-refractivity contribution in [1.29, 1.82) is 0 Å². The number of nitrogens with zero attached hydrogens (tertiary/aromatic N) is 2. The van der Waals surface area contributed by atoms with Crippen molar-refractivity contribution in [2.75, 3.05) is 20.1 Å². The van der Waals surface area contributed by atoms with Crippen LogP contribution >= 0.6 is 35.6 Å². The van der Waals surface area contributed by atoms with Crippen LogP contribution in [0.2, 0.25) is 5.02 Å². The van der Waals surface area contributed by atoms with Gasteiger partial charge in [0.2, 0.25) is 5.91 Å². The van der Waals surface area contributed by atoms with Gasteiger partial charge in [-0.1, -0.05) is 42.6 Å². The van der Waals surface area contributed by atoms with Gasteiger partial charge >= 0.3 is 0 Å². The van der Waals surface area contributed by atoms with Crippen molar-refractivity contribution in [3.05, 3.63) is 34.9 Å². The van der Waals surface area contributed by atoms with E-state index in [0.29, 0.717) is 25.6 Å². The number of rotatable bonds is 7. The Morgan fingerprint density at radius 2 is 2.00 bits per heavy atom. The number of benzene rings is 1. The lowest BCUT2D eigenvalue weighted by Gasteiger charge is -2.22. The van der Waals surface area contributed by atoms with Gasteiger partial charge in [-0.3, -0.25) is 9.79 Å². The summed E-state index contributed by atoms with van der Waals surface area (Å²) >= 11 is 6.24. The maximum Gasteiger partial charge on any atom is 0.222 e. The molecule has 1 aliphatic rings. The molecular weight excluding hydrogens is 463 g/mol. The Labute approximate surface area is 179 Å². The van der Waals surface area contributed by atoms with Gasteiger partial charge < -0.3 is 15.5 Å². The Morgan fingerprint density at radius 3 is 2.65 bits per heavy atom. The van der Waals surface area contributed by atoms with Gasteiger partial charge in [-0.25, -0.2) is 0 Å². The van der Waals surface area contributed by atoms with Crippen LogP contribution in [0.1, 0.15) is 44.6 Å². The van der Waals surface area contributed by atoms with Crippen LogP contribution in [0.15, 0.2) is 29.3 Å². The number of carbonyl (C=O) groups is 1. The van der Waals surface area contributed by atoms with Crippen LogP contribution in [-0.2, 0) is 11.3 Å². The second kappa shape index (κ2) is 12.4. The smallest absolute Gasteiger partial charge is 0.222 e. The summed E-state index contributed by atoms with van der Waals surface area (Å²) in [5.41, 5.74) is 1.05. The van der Waals surface area contributed by atoms with Crippen LogP contribution in [0, 0.1) is 0 Å². The number of carbonyl (C=O) groups excluding carboxylic acids is 1. The van der Waals surface area contributed by atoms with Crippen LogP contribution in [0.5, 0.6) is 0 Å². The van der Waals surface area contributed by atoms with E-state index in [1.54, 1.807) is 0 Å². The second-order valence-electron chi connectivity index (χ2n) is 6.48. The van der Waals surface area contributed by atoms with Crippen LogP contribution in [0.3, 0.4) is 0 Å². The zero-order valence-corrected chi connectivity index (χ0v) is 18.7. The van der Waals surface area contributed by atoms with Crippen LogP contribution < -0.4 is 10.6 Å². The first kappa shape index (κ1) is 23.0. The van der Waals surface area contributed by atoms with Crippen molar-refractivity contribution in [2.45, 2.75) is 51.6 Å². The minimum atomic E-state index is 0. The first-order chi connectivity index (χ1) is 12.1. The summed E-state index contributed by atoms with van der Waals surface area (Å²) in [4.78, 5) is 18.6. The molecule has 0 aromatic heterocycles. The molecule has 1 saturated carbocycles. The normalized spacial score (nSPS) is 14.7. The highest BCUT2D eigenvalue weighted by Crippen LogP contribution is 2.18. The second-order valence-corrected chi connectivity index (χ2v) is 6.89. The fraction of sp³-hybridized carbons (Fsp3) is 0.579. The van der Waals surface area contributed by atoms with E-state index in [-0.39, 0.29) is 29.9 Å². The molecule has 1 aliphatic carbocycles. The molecule has 0 heterocycles. The van der Waals surface area contributed by atoms with E-state index in [9.17, 15) is 4.79 Å². The molecule has 1 aromatic rings. The number of hydrogen-bond acceptors (Lipinski definition) is 2. The average Bonchev–Trinajstić information content (AvgIpc) is 3.09. The summed E-state index contributed by atoms with van der Waals surface area (Å²) in [5, 5.41) is 7.12. The maximum absolute atomic E-state index is 12.0. The van der Waals surface area contributed by atoms with Gasteiger partial charge in [0, 0.05) is 37.6 Å². The first-order valence-electron chi connectivity index (χ1n) is 9.12. The lowest BCUT2D eigenvalue weighted by atomic mass is 10.2. The monoisotopic (exact) mass is 492 g/mol. The summed E-state index contributed by atoms with van der Waals surface area (Å²) in [5.74, 6) is 0.886. The maximum atomic E-state index is 12.0. The molecule has 26 heavy (non-hydrogen) atoms. The van der Waals surface area contributed by atoms with Crippen LogP contribution in [0.4, 0.5) is 0 Å². The summed E-state index contributed by atoms with van der Waals surface area (Å²) in [6.45, 7) is 3.96. The van der Waals surface area contributed by atoms with Gasteiger partial charge in [0.1, 0.15) is 0 Å². The fourth-order valence-corrected chi connectivity index (χ4v) is 3.26. The summed E-state index contributed by atoms with van der Waals surface area (Å²) in [6.07, 6.45) is 5.09. The lowest BCUT2D eigenvalue weighted by molar-refractivity contribution is -0.121. The van der Waals surface area contributed by atoms with Crippen LogP contribution in [-0.4, -0.2) is 42.9 Å². The molecule has 0 radical (unpaired) electrons. The number of halogens is 2. The van der Waals surface area contributed by atoms with Gasteiger partial charge in [-0.2, -0.15) is 0 Å². The molecule has 1 amide bonds. The van der Waals surface area contributed by atoms with Crippen molar-refractivity contribution in [1.82, 2.24) is 15.5 Å². The molecule has 1 fully saturated rings. The number of hydrogen-bond donors (Lipinski definition) is 2. The molecule has 2 rings (SSSR count). The Morgan fingerprint density at radius 1 is 1.31 bits per heavy atom. The summed E-state index contributed by atoms with van der Waals surface area (Å²) in [6, 6.07) is 8.17. The van der Waals surface area contributed by atoms with Crippen molar-refractivity contribution >= 4 is 47.4 Å². The highest BCUT2D eigenvalue weighted by Gasteiger charge is 2.16. The van der Waals surface area contributed by atoms with Crippen molar-refractivity contribution in [3.8, 4) is 0 Å². The molecule has 0 bridgehead atoms. The molecule has 1 aromatic carbocycles. The quantitative estimate of drug-likeness (QED) is 0.346. The van der Waals surface area contributed by atoms with Gasteiger partial charge in [-0.15, -0.1) is 24.0 Å². The molecule has 0 spiro atoms. The minimum absolute atomic E-state index is 0. The molecule has 5 nitrogen and oxygen atoms in total. The van der Waals surface area contributed by atoms with E-state index in [2.05, 4.69) is 15.6 Å². The highest BCUT2D eigenvalue weighted by molar-refractivity contribution is 14.0. The van der Waals surface area contributed by atoms with Crippen molar-refractivity contribution in [3.63, 3.8) is 0 Å². The third-order valence-electron chi connectivity index (χ3n) is 4.38. The number of nitrogens with one attached hydrogen (secondary N) is 2. The highest BCUT2D eigenvalue weighted by atomic mass is 127. The SMILES string of the molecule is CCNC(=NCCC(=O)NC1CCCC1)N(C)Cc1ccccc1Cl.I. The predicted molar refractivity (Wildman–Crippen MR) is 119 cm³/mol. The standard InChI is InChI=1S/C19H29ClN4O.HI/c1-3-21-19(24(2)14-15-8-4-7-11-17(15)20)22-13-12-18(25)23-16-9-5-6-10-16;/h4,7-8,11,16H,3,5-6,9-10,12-14H2,1-2H3,(H,21,22)(H,23,25);1H. The lowest BCUT2D eigenvalue weighted by Crippen LogP contribution is -2.39. The molecule has 0 saturated heterocycles. The molecule has 2 N–H and O–H groups in total. The van der Waals surface area contributed by atoms with E-state index in [0.717, 1.165) is 35.9 Å². The number of amides is 1. The van der Waals surface area contributed by atoms with Gasteiger partial charge in [0.05, 0.1) is 6.54 Å².